The van der Waals surface area contributed by atoms with Gasteiger partial charge in [0, 0.05) is 6.07 Å². The summed E-state index contributed by atoms with van der Waals surface area (Å²) in [6.07, 6.45) is 0. The van der Waals surface area contributed by atoms with Gasteiger partial charge in [0.2, 0.25) is 0 Å². The van der Waals surface area contributed by atoms with Crippen molar-refractivity contribution in [2.45, 2.75) is 0 Å². The topological polar surface area (TPSA) is 85.9 Å². The zero-order valence-electron chi connectivity index (χ0n) is 12.0. The van der Waals surface area contributed by atoms with E-state index in [9.17, 15) is 9.18 Å². The maximum absolute atomic E-state index is 14.0. The van der Waals surface area contributed by atoms with Crippen LogP contribution in [0.2, 0.25) is 5.02 Å². The predicted molar refractivity (Wildman–Crippen MR) is 85.6 cm³/mol. The number of nitrogens with one attached hydrogen (secondary N) is 1. The van der Waals surface area contributed by atoms with Crippen LogP contribution in [0, 0.1) is 5.82 Å². The van der Waals surface area contributed by atoms with E-state index in [0.717, 1.165) is 4.68 Å². The minimum absolute atomic E-state index is 0.0347. The van der Waals surface area contributed by atoms with Gasteiger partial charge in [0.05, 0.1) is 29.1 Å². The van der Waals surface area contributed by atoms with E-state index in [1.807, 2.05) is 0 Å². The summed E-state index contributed by atoms with van der Waals surface area (Å²) in [7, 11) is 1.47. The van der Waals surface area contributed by atoms with E-state index in [1.165, 1.54) is 25.3 Å². The van der Waals surface area contributed by atoms with E-state index in [4.69, 9.17) is 22.1 Å². The molecule has 0 radical (unpaired) electrons. The normalized spacial score (nSPS) is 10.7. The van der Waals surface area contributed by atoms with Gasteiger partial charge in [0.15, 0.2) is 5.82 Å². The number of nitrogens with zero attached hydrogens (tertiary/aromatic N) is 2. The first-order valence-electron chi connectivity index (χ1n) is 6.59. The van der Waals surface area contributed by atoms with Gasteiger partial charge in [-0.05, 0) is 24.3 Å². The molecule has 3 N–H and O–H groups in total. The molecule has 0 aliphatic rings. The highest BCUT2D eigenvalue weighted by Gasteiger charge is 2.16. The van der Waals surface area contributed by atoms with Crippen LogP contribution in [0.15, 0.2) is 41.2 Å². The highest BCUT2D eigenvalue weighted by atomic mass is 35.5. The van der Waals surface area contributed by atoms with Crippen molar-refractivity contribution in [3.05, 3.63) is 57.7 Å². The summed E-state index contributed by atoms with van der Waals surface area (Å²) in [5.74, 6) is -0.134. The molecule has 2 aromatic carbocycles. The summed E-state index contributed by atoms with van der Waals surface area (Å²) in [6, 6.07) is 8.98. The Bertz CT molecular complexity index is 915. The Labute approximate surface area is 135 Å². The lowest BCUT2D eigenvalue weighted by Crippen LogP contribution is -2.16. The summed E-state index contributed by atoms with van der Waals surface area (Å²) in [5, 5.41) is 4.26. The van der Waals surface area contributed by atoms with Crippen LogP contribution in [0.5, 0.6) is 5.75 Å². The van der Waals surface area contributed by atoms with Crippen LogP contribution in [-0.4, -0.2) is 21.9 Å². The Morgan fingerprint density at radius 3 is 2.83 bits per heavy atom. The Balaban J connectivity index is 2.14. The molecule has 1 heterocycles. The number of halogens is 2. The third-order valence-electron chi connectivity index (χ3n) is 3.28. The summed E-state index contributed by atoms with van der Waals surface area (Å²) >= 11 is 5.99. The van der Waals surface area contributed by atoms with Crippen molar-refractivity contribution >= 4 is 17.3 Å². The lowest BCUT2D eigenvalue weighted by Gasteiger charge is -2.06. The van der Waals surface area contributed by atoms with E-state index in [1.54, 1.807) is 18.2 Å². The first-order valence-corrected chi connectivity index (χ1v) is 6.96. The fraction of sp³-hybridized carbons (Fsp3) is 0.0667. The van der Waals surface area contributed by atoms with Crippen LogP contribution < -0.4 is 16.2 Å². The molecule has 0 fully saturated rings. The molecule has 1 aromatic heterocycles. The number of anilines is 1. The molecule has 0 saturated carbocycles. The van der Waals surface area contributed by atoms with E-state index < -0.39 is 11.5 Å². The quantitative estimate of drug-likeness (QED) is 0.721. The van der Waals surface area contributed by atoms with Gasteiger partial charge >= 0.3 is 5.69 Å². The van der Waals surface area contributed by atoms with Gasteiger partial charge in [-0.2, -0.15) is 4.68 Å². The molecule has 118 valence electrons. The van der Waals surface area contributed by atoms with Crippen molar-refractivity contribution in [2.24, 2.45) is 0 Å². The predicted octanol–water partition coefficient (Wildman–Crippen LogP) is 2.61. The lowest BCUT2D eigenvalue weighted by molar-refractivity contribution is 0.416. The molecule has 0 atom stereocenters. The first-order chi connectivity index (χ1) is 11.0. The molecule has 3 aromatic rings. The second-order valence-corrected chi connectivity index (χ2v) is 5.12. The zero-order valence-corrected chi connectivity index (χ0v) is 12.8. The van der Waals surface area contributed by atoms with Crippen molar-refractivity contribution in [2.75, 3.05) is 12.8 Å². The van der Waals surface area contributed by atoms with Crippen molar-refractivity contribution in [3.8, 4) is 22.8 Å². The first kappa shape index (κ1) is 15.1. The fourth-order valence-electron chi connectivity index (χ4n) is 2.17. The van der Waals surface area contributed by atoms with Crippen molar-refractivity contribution < 1.29 is 9.13 Å². The van der Waals surface area contributed by atoms with E-state index in [-0.39, 0.29) is 16.4 Å². The molecule has 23 heavy (non-hydrogen) atoms. The molecule has 8 heteroatoms. The Morgan fingerprint density at radius 2 is 2.13 bits per heavy atom. The summed E-state index contributed by atoms with van der Waals surface area (Å²) < 4.78 is 20.2. The number of hydrogen-bond donors (Lipinski definition) is 2. The molecule has 0 spiro atoms. The minimum Gasteiger partial charge on any atom is -0.495 e. The maximum Gasteiger partial charge on any atom is 0.348 e. The highest BCUT2D eigenvalue weighted by Crippen LogP contribution is 2.28. The third-order valence-corrected chi connectivity index (χ3v) is 3.59. The molecule has 0 aliphatic heterocycles. The molecule has 6 nitrogen and oxygen atoms in total. The van der Waals surface area contributed by atoms with E-state index >= 15 is 0 Å². The largest absolute Gasteiger partial charge is 0.495 e. The van der Waals surface area contributed by atoms with Crippen LogP contribution in [-0.2, 0) is 0 Å². The molecule has 0 bridgehead atoms. The average Bonchev–Trinajstić information content (AvgIpc) is 2.89. The number of ether oxygens (including phenoxy) is 1. The number of aromatic amines is 1. The number of nitrogen functional groups attached to an aromatic ring is 1. The molecule has 0 aliphatic carbocycles. The summed E-state index contributed by atoms with van der Waals surface area (Å²) in [4.78, 5) is 14.6. The SMILES string of the molecule is COc1cc(-n2nc(-c3c(F)cccc3Cl)[nH]c2=O)ccc1N. The molecular weight excluding hydrogens is 323 g/mol. The monoisotopic (exact) mass is 334 g/mol. The molecular formula is C15H12ClFN4O2. The molecule has 0 amide bonds. The number of H-pyrrole nitrogens is 1. The van der Waals surface area contributed by atoms with Crippen LogP contribution in [0.3, 0.4) is 0 Å². The van der Waals surface area contributed by atoms with Crippen LogP contribution in [0.25, 0.3) is 17.1 Å². The van der Waals surface area contributed by atoms with Gasteiger partial charge in [-0.3, -0.25) is 4.98 Å². The van der Waals surface area contributed by atoms with Gasteiger partial charge in [-0.25, -0.2) is 9.18 Å². The smallest absolute Gasteiger partial charge is 0.348 e. The van der Waals surface area contributed by atoms with Crippen LogP contribution in [0.1, 0.15) is 0 Å². The maximum atomic E-state index is 14.0. The lowest BCUT2D eigenvalue weighted by atomic mass is 10.2. The summed E-state index contributed by atoms with van der Waals surface area (Å²) in [5.41, 5.74) is 6.10. The van der Waals surface area contributed by atoms with Crippen LogP contribution in [0.4, 0.5) is 10.1 Å². The Hall–Kier alpha value is -2.80. The number of benzene rings is 2. The minimum atomic E-state index is -0.576. The molecule has 3 rings (SSSR count). The average molecular weight is 335 g/mol. The summed E-state index contributed by atoms with van der Waals surface area (Å²) in [6.45, 7) is 0. The second kappa shape index (κ2) is 5.77. The van der Waals surface area contributed by atoms with Crippen LogP contribution >= 0.6 is 11.6 Å². The van der Waals surface area contributed by atoms with Gasteiger partial charge in [0.25, 0.3) is 0 Å². The Morgan fingerprint density at radius 1 is 1.35 bits per heavy atom. The van der Waals surface area contributed by atoms with Gasteiger partial charge in [-0.1, -0.05) is 17.7 Å². The molecule has 0 unspecified atom stereocenters. The number of methoxy groups -OCH3 is 1. The van der Waals surface area contributed by atoms with E-state index in [2.05, 4.69) is 10.1 Å². The van der Waals surface area contributed by atoms with Gasteiger partial charge < -0.3 is 10.5 Å². The zero-order chi connectivity index (χ0) is 16.6. The number of rotatable bonds is 3. The van der Waals surface area contributed by atoms with Gasteiger partial charge in [0.1, 0.15) is 11.6 Å². The fourth-order valence-corrected chi connectivity index (χ4v) is 2.42. The van der Waals surface area contributed by atoms with Crippen molar-refractivity contribution in [1.82, 2.24) is 14.8 Å². The standard InChI is InChI=1S/C15H12ClFN4O2/c1-23-12-7-8(5-6-11(12)18)21-15(22)19-14(20-21)13-9(16)3-2-4-10(13)17/h2-7H,18H2,1H3,(H,19,20,22). The van der Waals surface area contributed by atoms with Gasteiger partial charge in [-0.15, -0.1) is 5.10 Å². The third kappa shape index (κ3) is 2.66. The van der Waals surface area contributed by atoms with Crippen molar-refractivity contribution in [3.63, 3.8) is 0 Å². The highest BCUT2D eigenvalue weighted by molar-refractivity contribution is 6.33. The molecule has 0 saturated heterocycles. The number of hydrogen-bond acceptors (Lipinski definition) is 4. The number of aromatic nitrogens is 3. The second-order valence-electron chi connectivity index (χ2n) is 4.71. The number of nitrogens with two attached hydrogens (primary N) is 1. The van der Waals surface area contributed by atoms with E-state index in [0.29, 0.717) is 17.1 Å². The van der Waals surface area contributed by atoms with Crippen molar-refractivity contribution in [1.29, 1.82) is 0 Å². The Kier molecular flexibility index (Phi) is 3.79.